The van der Waals surface area contributed by atoms with E-state index >= 15 is 0 Å². The summed E-state index contributed by atoms with van der Waals surface area (Å²) in [4.78, 5) is 20.5. The van der Waals surface area contributed by atoms with Crippen molar-refractivity contribution in [2.45, 2.75) is 33.5 Å². The van der Waals surface area contributed by atoms with Gasteiger partial charge in [0.2, 0.25) is 5.91 Å². The number of amides is 1. The minimum atomic E-state index is -4.41. The molecule has 0 spiro atoms. The Bertz CT molecular complexity index is 1030. The molecule has 0 aliphatic heterocycles. The van der Waals surface area contributed by atoms with Crippen molar-refractivity contribution in [3.63, 3.8) is 0 Å². The molecule has 0 saturated carbocycles. The van der Waals surface area contributed by atoms with Gasteiger partial charge in [0, 0.05) is 18.3 Å². The Kier molecular flexibility index (Phi) is 5.71. The molecule has 29 heavy (non-hydrogen) atoms. The summed E-state index contributed by atoms with van der Waals surface area (Å²) in [6, 6.07) is 4.77. The normalized spacial score (nSPS) is 11.8. The first-order chi connectivity index (χ1) is 13.6. The Hall–Kier alpha value is -3.17. The van der Waals surface area contributed by atoms with Crippen molar-refractivity contribution in [2.75, 3.05) is 11.9 Å². The summed E-state index contributed by atoms with van der Waals surface area (Å²) in [6.07, 6.45) is -1.11. The highest BCUT2D eigenvalue weighted by Gasteiger charge is 2.28. The number of aromatic nitrogens is 4. The molecule has 10 heteroatoms. The van der Waals surface area contributed by atoms with E-state index in [0.29, 0.717) is 34.7 Å². The predicted molar refractivity (Wildman–Crippen MR) is 101 cm³/mol. The number of nitrogens with zero attached hydrogens (tertiary/aromatic N) is 4. The van der Waals surface area contributed by atoms with Crippen LogP contribution >= 0.6 is 0 Å². The Morgan fingerprint density at radius 3 is 2.69 bits per heavy atom. The molecule has 0 bridgehead atoms. The lowest BCUT2D eigenvalue weighted by Crippen LogP contribution is -2.19. The quantitative estimate of drug-likeness (QED) is 0.674. The molecule has 7 nitrogen and oxygen atoms in total. The maximum Gasteiger partial charge on any atom is 0.422 e. The topological polar surface area (TPSA) is 81.9 Å². The van der Waals surface area contributed by atoms with E-state index in [0.717, 1.165) is 0 Å². The summed E-state index contributed by atoms with van der Waals surface area (Å²) < 4.78 is 43.3. The van der Waals surface area contributed by atoms with E-state index in [1.165, 1.54) is 6.07 Å². The third-order valence-corrected chi connectivity index (χ3v) is 4.06. The van der Waals surface area contributed by atoms with Crippen LogP contribution in [0.3, 0.4) is 0 Å². The molecule has 0 aliphatic carbocycles. The summed E-state index contributed by atoms with van der Waals surface area (Å²) in [5.74, 6) is 0.170. The lowest BCUT2D eigenvalue weighted by atomic mass is 10.2. The minimum Gasteiger partial charge on any atom is -0.482 e. The molecule has 0 fully saturated rings. The van der Waals surface area contributed by atoms with Gasteiger partial charge >= 0.3 is 6.18 Å². The van der Waals surface area contributed by atoms with Crippen LogP contribution in [-0.4, -0.2) is 38.4 Å². The predicted octanol–water partition coefficient (Wildman–Crippen LogP) is 3.72. The number of halogens is 3. The van der Waals surface area contributed by atoms with Gasteiger partial charge in [0.05, 0.1) is 28.8 Å². The number of anilines is 1. The molecule has 1 N–H and O–H groups in total. The average Bonchev–Trinajstić information content (AvgIpc) is 3.03. The second-order valence-corrected chi connectivity index (χ2v) is 6.85. The Balaban J connectivity index is 1.78. The van der Waals surface area contributed by atoms with E-state index in [-0.39, 0.29) is 17.6 Å². The second kappa shape index (κ2) is 8.06. The van der Waals surface area contributed by atoms with E-state index < -0.39 is 12.8 Å². The molecule has 3 aromatic heterocycles. The fraction of sp³-hybridized carbons (Fsp3) is 0.368. The third kappa shape index (κ3) is 5.21. The number of hydrogen-bond donors (Lipinski definition) is 1. The molecular formula is C19H20F3N5O2. The molecule has 154 valence electrons. The van der Waals surface area contributed by atoms with Gasteiger partial charge in [0.15, 0.2) is 6.61 Å². The van der Waals surface area contributed by atoms with Gasteiger partial charge in [-0.2, -0.15) is 18.3 Å². The fourth-order valence-corrected chi connectivity index (χ4v) is 2.60. The van der Waals surface area contributed by atoms with Gasteiger partial charge in [-0.05, 0) is 25.1 Å². The number of aryl methyl sites for hydroxylation is 1. The second-order valence-electron chi connectivity index (χ2n) is 6.85. The molecule has 0 atom stereocenters. The van der Waals surface area contributed by atoms with Crippen molar-refractivity contribution in [1.29, 1.82) is 0 Å². The van der Waals surface area contributed by atoms with E-state index in [2.05, 4.69) is 20.4 Å². The molecule has 3 heterocycles. The molecule has 0 saturated heterocycles. The van der Waals surface area contributed by atoms with Gasteiger partial charge < -0.3 is 10.1 Å². The lowest BCUT2D eigenvalue weighted by Gasteiger charge is -2.11. The summed E-state index contributed by atoms with van der Waals surface area (Å²) in [5.41, 5.74) is 1.62. The molecule has 1 amide bonds. The maximum absolute atomic E-state index is 12.3. The summed E-state index contributed by atoms with van der Waals surface area (Å²) in [7, 11) is 0. The first-order valence-corrected chi connectivity index (χ1v) is 8.91. The molecule has 0 radical (unpaired) electrons. The van der Waals surface area contributed by atoms with E-state index in [9.17, 15) is 18.0 Å². The number of rotatable bonds is 6. The van der Waals surface area contributed by atoms with Crippen LogP contribution in [0, 0.1) is 12.8 Å². The van der Waals surface area contributed by atoms with Crippen LogP contribution in [0.25, 0.3) is 10.9 Å². The summed E-state index contributed by atoms with van der Waals surface area (Å²) >= 11 is 0. The van der Waals surface area contributed by atoms with E-state index in [1.807, 2.05) is 0 Å². The zero-order valence-corrected chi connectivity index (χ0v) is 16.1. The van der Waals surface area contributed by atoms with Crippen LogP contribution in [0.2, 0.25) is 0 Å². The van der Waals surface area contributed by atoms with Crippen molar-refractivity contribution in [1.82, 2.24) is 19.7 Å². The number of pyridine rings is 2. The molecule has 3 rings (SSSR count). The van der Waals surface area contributed by atoms with Gasteiger partial charge in [-0.25, -0.2) is 4.98 Å². The van der Waals surface area contributed by atoms with E-state index in [4.69, 9.17) is 4.74 Å². The smallest absolute Gasteiger partial charge is 0.422 e. The van der Waals surface area contributed by atoms with Crippen molar-refractivity contribution in [2.24, 2.45) is 5.92 Å². The Labute approximate surface area is 164 Å². The number of hydrogen-bond acceptors (Lipinski definition) is 5. The SMILES string of the molecule is Cc1nc(Cn2cc3c(NC(=O)C(C)C)nccc3n2)ccc1OCC(F)(F)F. The number of alkyl halides is 3. The van der Waals surface area contributed by atoms with Crippen LogP contribution in [-0.2, 0) is 11.3 Å². The molecule has 0 aliphatic rings. The lowest BCUT2D eigenvalue weighted by molar-refractivity contribution is -0.153. The van der Waals surface area contributed by atoms with Crippen LogP contribution < -0.4 is 10.1 Å². The third-order valence-electron chi connectivity index (χ3n) is 4.06. The van der Waals surface area contributed by atoms with Gasteiger partial charge in [-0.1, -0.05) is 13.8 Å². The Morgan fingerprint density at radius 2 is 2.03 bits per heavy atom. The maximum atomic E-state index is 12.3. The first kappa shape index (κ1) is 20.6. The summed E-state index contributed by atoms with van der Waals surface area (Å²) in [5, 5.41) is 7.91. The standard InChI is InChI=1S/C19H20F3N5O2/c1-11(2)18(28)25-17-14-9-27(26-15(14)6-7-23-17)8-13-4-5-16(12(3)24-13)29-10-19(20,21)22/h4-7,9,11H,8,10H2,1-3H3,(H,23,25,28). The van der Waals surface area contributed by atoms with Crippen LogP contribution in [0.1, 0.15) is 25.2 Å². The van der Waals surface area contributed by atoms with Crippen molar-refractivity contribution < 1.29 is 22.7 Å². The van der Waals surface area contributed by atoms with Gasteiger partial charge in [0.25, 0.3) is 0 Å². The minimum absolute atomic E-state index is 0.0829. The zero-order valence-electron chi connectivity index (χ0n) is 16.1. The monoisotopic (exact) mass is 407 g/mol. The number of fused-ring (bicyclic) bond motifs is 1. The Morgan fingerprint density at radius 1 is 1.28 bits per heavy atom. The zero-order chi connectivity index (χ0) is 21.2. The molecule has 3 aromatic rings. The molecular weight excluding hydrogens is 387 g/mol. The average molecular weight is 407 g/mol. The van der Waals surface area contributed by atoms with Crippen molar-refractivity contribution >= 4 is 22.6 Å². The van der Waals surface area contributed by atoms with Crippen LogP contribution in [0.4, 0.5) is 19.0 Å². The molecule has 0 unspecified atom stereocenters. The van der Waals surface area contributed by atoms with Crippen LogP contribution in [0.5, 0.6) is 5.75 Å². The molecule has 0 aromatic carbocycles. The highest BCUT2D eigenvalue weighted by atomic mass is 19.4. The fourth-order valence-electron chi connectivity index (χ4n) is 2.60. The number of ether oxygens (including phenoxy) is 1. The van der Waals surface area contributed by atoms with Gasteiger partial charge in [-0.15, -0.1) is 0 Å². The largest absolute Gasteiger partial charge is 0.482 e. The first-order valence-electron chi connectivity index (χ1n) is 8.91. The summed E-state index contributed by atoms with van der Waals surface area (Å²) in [6.45, 7) is 4.09. The van der Waals surface area contributed by atoms with Crippen LogP contribution in [0.15, 0.2) is 30.6 Å². The van der Waals surface area contributed by atoms with Crippen molar-refractivity contribution in [3.05, 3.63) is 42.0 Å². The van der Waals surface area contributed by atoms with Crippen molar-refractivity contribution in [3.8, 4) is 5.75 Å². The van der Waals surface area contributed by atoms with E-state index in [1.54, 1.807) is 50.0 Å². The number of nitrogens with one attached hydrogen (secondary N) is 1. The van der Waals surface area contributed by atoms with Gasteiger partial charge in [0.1, 0.15) is 11.6 Å². The highest BCUT2D eigenvalue weighted by molar-refractivity contribution is 5.99. The number of carbonyl (C=O) groups is 1. The van der Waals surface area contributed by atoms with Gasteiger partial charge in [-0.3, -0.25) is 14.5 Å². The number of carbonyl (C=O) groups excluding carboxylic acids is 1. The highest BCUT2D eigenvalue weighted by Crippen LogP contribution is 2.23.